The Balaban J connectivity index is 1.35. The van der Waals surface area contributed by atoms with Crippen molar-refractivity contribution in [3.8, 4) is 5.75 Å². The molecule has 1 aliphatic rings. The van der Waals surface area contributed by atoms with Crippen molar-refractivity contribution in [1.29, 1.82) is 0 Å². The van der Waals surface area contributed by atoms with Crippen molar-refractivity contribution in [2.45, 2.75) is 58.5 Å². The molecule has 2 amide bonds. The van der Waals surface area contributed by atoms with Crippen LogP contribution in [0, 0.1) is 5.92 Å². The van der Waals surface area contributed by atoms with E-state index in [0.29, 0.717) is 23.0 Å². The molecule has 1 fully saturated rings. The Hall–Kier alpha value is -2.56. The average molecular weight is 502 g/mol. The van der Waals surface area contributed by atoms with Gasteiger partial charge in [-0.3, -0.25) is 4.79 Å². The zero-order chi connectivity index (χ0) is 25.4. The van der Waals surface area contributed by atoms with Crippen molar-refractivity contribution in [2.24, 2.45) is 5.92 Å². The lowest BCUT2D eigenvalue weighted by Crippen LogP contribution is -2.41. The number of likely N-dealkylation sites (tertiary alicyclic amines) is 1. The minimum atomic E-state index is -1.55. The van der Waals surface area contributed by atoms with E-state index < -0.39 is 12.7 Å². The molecule has 0 bridgehead atoms. The van der Waals surface area contributed by atoms with Gasteiger partial charge in [0.2, 0.25) is 5.91 Å². The number of nitrogens with zero attached hydrogens (tertiary/aromatic N) is 1. The van der Waals surface area contributed by atoms with Crippen molar-refractivity contribution >= 4 is 40.9 Å². The fourth-order valence-electron chi connectivity index (χ4n) is 3.96. The molecular formula is C25H35BN2O6S. The summed E-state index contributed by atoms with van der Waals surface area (Å²) in [6, 6.07) is 9.05. The second-order valence-corrected chi connectivity index (χ2v) is 10.8. The summed E-state index contributed by atoms with van der Waals surface area (Å²) in [5.41, 5.74) is 0.730. The summed E-state index contributed by atoms with van der Waals surface area (Å²) in [5.74, 6) is 1.13. The van der Waals surface area contributed by atoms with Gasteiger partial charge in [0, 0.05) is 13.1 Å². The molecule has 10 heteroatoms. The molecule has 1 aromatic heterocycles. The number of carbonyl (C=O) groups is 2. The van der Waals surface area contributed by atoms with Gasteiger partial charge in [0.05, 0.1) is 18.0 Å². The molecule has 0 saturated carbocycles. The summed E-state index contributed by atoms with van der Waals surface area (Å²) in [6.45, 7) is 7.72. The number of hydrogen-bond donors (Lipinski definition) is 3. The van der Waals surface area contributed by atoms with Crippen LogP contribution >= 0.6 is 11.3 Å². The molecule has 190 valence electrons. The van der Waals surface area contributed by atoms with E-state index in [1.807, 2.05) is 45.0 Å². The maximum atomic E-state index is 12.3. The van der Waals surface area contributed by atoms with Gasteiger partial charge in [0.1, 0.15) is 11.4 Å². The van der Waals surface area contributed by atoms with Crippen molar-refractivity contribution < 1.29 is 29.1 Å². The van der Waals surface area contributed by atoms with Crippen LogP contribution in [0.3, 0.4) is 0 Å². The molecule has 0 spiro atoms. The number of amides is 2. The van der Waals surface area contributed by atoms with Gasteiger partial charge >= 0.3 is 13.2 Å². The molecule has 0 aliphatic carbocycles. The minimum absolute atomic E-state index is 0.180. The lowest BCUT2D eigenvalue weighted by Gasteiger charge is -2.33. The number of carbonyl (C=O) groups excluding carboxylic acids is 2. The summed E-state index contributed by atoms with van der Waals surface area (Å²) in [4.78, 5) is 26.3. The van der Waals surface area contributed by atoms with E-state index in [1.54, 1.807) is 16.3 Å². The van der Waals surface area contributed by atoms with Crippen LogP contribution in [0.2, 0.25) is 0 Å². The first kappa shape index (κ1) is 27.0. The minimum Gasteiger partial charge on any atom is -0.494 e. The smallest absolute Gasteiger partial charge is 0.489 e. The van der Waals surface area contributed by atoms with E-state index in [-0.39, 0.29) is 18.4 Å². The standard InChI is InChI=1S/C25H35BN2O6S/c1-25(2,3)34-24(30)28-11-9-18(10-12-28)7-5-13-33-21-8-4-6-19(14-21)15-22(29)27-23-16-20(17-35-23)26(31)32/h4,6,8,14,16-18,31-32H,5,7,9-13,15H2,1-3H3,(H,27,29). The second-order valence-electron chi connectivity index (χ2n) is 9.89. The number of benzene rings is 1. The van der Waals surface area contributed by atoms with Gasteiger partial charge in [0.15, 0.2) is 0 Å². The van der Waals surface area contributed by atoms with Crippen molar-refractivity contribution in [2.75, 3.05) is 25.0 Å². The molecule has 0 unspecified atom stereocenters. The Morgan fingerprint density at radius 3 is 2.60 bits per heavy atom. The highest BCUT2D eigenvalue weighted by atomic mass is 32.1. The fraction of sp³-hybridized carbons (Fsp3) is 0.520. The van der Waals surface area contributed by atoms with Gasteiger partial charge in [-0.2, -0.15) is 0 Å². The fourth-order valence-corrected chi connectivity index (χ4v) is 4.79. The highest BCUT2D eigenvalue weighted by Crippen LogP contribution is 2.24. The number of rotatable bonds is 9. The van der Waals surface area contributed by atoms with E-state index in [4.69, 9.17) is 9.47 Å². The number of nitrogens with one attached hydrogen (secondary N) is 1. The van der Waals surface area contributed by atoms with E-state index in [1.165, 1.54) is 11.3 Å². The maximum absolute atomic E-state index is 12.3. The molecule has 1 saturated heterocycles. The van der Waals surface area contributed by atoms with Gasteiger partial charge in [-0.1, -0.05) is 12.1 Å². The molecule has 35 heavy (non-hydrogen) atoms. The third kappa shape index (κ3) is 9.20. The van der Waals surface area contributed by atoms with Crippen LogP contribution in [0.5, 0.6) is 5.75 Å². The van der Waals surface area contributed by atoms with Crippen LogP contribution in [-0.2, 0) is 16.0 Å². The van der Waals surface area contributed by atoms with E-state index in [0.717, 1.165) is 50.1 Å². The molecule has 1 aromatic carbocycles. The molecule has 0 radical (unpaired) electrons. The second kappa shape index (κ2) is 12.4. The van der Waals surface area contributed by atoms with Gasteiger partial charge < -0.3 is 29.7 Å². The van der Waals surface area contributed by atoms with Crippen LogP contribution in [0.1, 0.15) is 52.0 Å². The quantitative estimate of drug-likeness (QED) is 0.358. The van der Waals surface area contributed by atoms with Crippen LogP contribution < -0.4 is 15.5 Å². The maximum Gasteiger partial charge on any atom is 0.489 e. The third-order valence-corrected chi connectivity index (χ3v) is 6.60. The predicted octanol–water partition coefficient (Wildman–Crippen LogP) is 3.42. The third-order valence-electron chi connectivity index (χ3n) is 5.74. The van der Waals surface area contributed by atoms with Gasteiger partial charge in [-0.25, -0.2) is 4.79 Å². The van der Waals surface area contributed by atoms with Crippen LogP contribution in [-0.4, -0.2) is 59.4 Å². The Labute approximate surface area is 211 Å². The number of hydrogen-bond acceptors (Lipinski definition) is 7. The van der Waals surface area contributed by atoms with Crippen molar-refractivity contribution in [1.82, 2.24) is 4.90 Å². The van der Waals surface area contributed by atoms with Gasteiger partial charge in [-0.05, 0) is 87.0 Å². The molecule has 2 aromatic rings. The average Bonchev–Trinajstić information content (AvgIpc) is 3.25. The lowest BCUT2D eigenvalue weighted by molar-refractivity contribution is -0.115. The van der Waals surface area contributed by atoms with E-state index in [2.05, 4.69) is 5.32 Å². The lowest BCUT2D eigenvalue weighted by atomic mass is 9.83. The topological polar surface area (TPSA) is 108 Å². The molecule has 3 N–H and O–H groups in total. The van der Waals surface area contributed by atoms with Crippen LogP contribution in [0.15, 0.2) is 35.7 Å². The van der Waals surface area contributed by atoms with Crippen LogP contribution in [0.25, 0.3) is 0 Å². The Kier molecular flexibility index (Phi) is 9.59. The normalized spacial score (nSPS) is 14.5. The summed E-state index contributed by atoms with van der Waals surface area (Å²) in [7, 11) is -1.55. The molecule has 8 nitrogen and oxygen atoms in total. The first-order valence-electron chi connectivity index (χ1n) is 12.0. The largest absolute Gasteiger partial charge is 0.494 e. The van der Waals surface area contributed by atoms with Crippen LogP contribution in [0.4, 0.5) is 9.80 Å². The van der Waals surface area contributed by atoms with Gasteiger partial charge in [0.25, 0.3) is 0 Å². The van der Waals surface area contributed by atoms with Crippen molar-refractivity contribution in [3.63, 3.8) is 0 Å². The Bertz CT molecular complexity index is 982. The molecule has 0 atom stereocenters. The molecule has 2 heterocycles. The molecule has 3 rings (SSSR count). The number of thiophene rings is 1. The zero-order valence-corrected chi connectivity index (χ0v) is 21.5. The first-order chi connectivity index (χ1) is 16.6. The summed E-state index contributed by atoms with van der Waals surface area (Å²) < 4.78 is 11.4. The van der Waals surface area contributed by atoms with E-state index >= 15 is 0 Å². The Morgan fingerprint density at radius 1 is 1.20 bits per heavy atom. The molecular weight excluding hydrogens is 467 g/mol. The van der Waals surface area contributed by atoms with Gasteiger partial charge in [-0.15, -0.1) is 11.3 Å². The SMILES string of the molecule is CC(C)(C)OC(=O)N1CCC(CCCOc2cccc(CC(=O)Nc3cc(B(O)O)cs3)c2)CC1. The highest BCUT2D eigenvalue weighted by molar-refractivity contribution is 7.15. The zero-order valence-electron chi connectivity index (χ0n) is 20.7. The van der Waals surface area contributed by atoms with E-state index in [9.17, 15) is 19.6 Å². The van der Waals surface area contributed by atoms with Crippen molar-refractivity contribution in [3.05, 3.63) is 41.3 Å². The number of anilines is 1. The highest BCUT2D eigenvalue weighted by Gasteiger charge is 2.26. The summed E-state index contributed by atoms with van der Waals surface area (Å²) >= 11 is 1.25. The molecule has 1 aliphatic heterocycles. The summed E-state index contributed by atoms with van der Waals surface area (Å²) in [5, 5.41) is 23.3. The summed E-state index contributed by atoms with van der Waals surface area (Å²) in [6.07, 6.45) is 3.91. The predicted molar refractivity (Wildman–Crippen MR) is 138 cm³/mol. The first-order valence-corrected chi connectivity index (χ1v) is 12.9. The monoisotopic (exact) mass is 502 g/mol. The number of piperidine rings is 1. The number of ether oxygens (including phenoxy) is 2. The Morgan fingerprint density at radius 2 is 1.94 bits per heavy atom.